The zero-order valence-corrected chi connectivity index (χ0v) is 17.4. The Morgan fingerprint density at radius 1 is 1.21 bits per heavy atom. The van der Waals surface area contributed by atoms with E-state index in [0.717, 1.165) is 29.9 Å². The lowest BCUT2D eigenvalue weighted by Gasteiger charge is -2.34. The van der Waals surface area contributed by atoms with Gasteiger partial charge in [0.25, 0.3) is 5.91 Å². The molecule has 1 saturated heterocycles. The van der Waals surface area contributed by atoms with E-state index in [4.69, 9.17) is 4.74 Å². The second-order valence-corrected chi connectivity index (χ2v) is 8.77. The Kier molecular flexibility index (Phi) is 5.63. The molecule has 1 saturated carbocycles. The van der Waals surface area contributed by atoms with E-state index in [2.05, 4.69) is 31.1 Å². The summed E-state index contributed by atoms with van der Waals surface area (Å²) in [6.45, 7) is 8.60. The van der Waals surface area contributed by atoms with Crippen molar-refractivity contribution >= 4 is 11.8 Å². The van der Waals surface area contributed by atoms with Crippen LogP contribution < -0.4 is 15.4 Å². The Morgan fingerprint density at radius 3 is 2.76 bits per heavy atom. The van der Waals surface area contributed by atoms with Gasteiger partial charge in [0, 0.05) is 29.9 Å². The standard InChI is InChI=1S/C23H31N3O3/c1-14(2)24-19-6-4-5-7-21(19)29-17-9-10-18-16(12-17)13-26(23(18)28)20-11-8-15(3)25-22(20)27/h9-10,12,14,19-21,24H,3-8,11,13H2,1-2H3,(H,25,27). The third kappa shape index (κ3) is 4.17. The van der Waals surface area contributed by atoms with Gasteiger partial charge in [0.05, 0.1) is 0 Å². The number of nitrogens with zero attached hydrogens (tertiary/aromatic N) is 1. The smallest absolute Gasteiger partial charge is 0.255 e. The Labute approximate surface area is 172 Å². The number of carbonyl (C=O) groups is 2. The highest BCUT2D eigenvalue weighted by Gasteiger charge is 2.38. The molecule has 0 spiro atoms. The summed E-state index contributed by atoms with van der Waals surface area (Å²) >= 11 is 0. The molecule has 2 amide bonds. The van der Waals surface area contributed by atoms with Crippen molar-refractivity contribution < 1.29 is 14.3 Å². The highest BCUT2D eigenvalue weighted by atomic mass is 16.5. The van der Waals surface area contributed by atoms with Crippen LogP contribution in [0.3, 0.4) is 0 Å². The molecule has 2 aliphatic heterocycles. The van der Waals surface area contributed by atoms with E-state index in [1.54, 1.807) is 4.90 Å². The van der Waals surface area contributed by atoms with Crippen molar-refractivity contribution in [2.45, 2.75) is 83.1 Å². The summed E-state index contributed by atoms with van der Waals surface area (Å²) in [7, 11) is 0. The molecule has 29 heavy (non-hydrogen) atoms. The van der Waals surface area contributed by atoms with Crippen LogP contribution in [0.25, 0.3) is 0 Å². The summed E-state index contributed by atoms with van der Waals surface area (Å²) in [6, 6.07) is 6.07. The number of allylic oxidation sites excluding steroid dienone is 1. The average molecular weight is 398 g/mol. The Morgan fingerprint density at radius 2 is 2.00 bits per heavy atom. The minimum Gasteiger partial charge on any atom is -0.489 e. The second kappa shape index (κ2) is 8.19. The first-order valence-electron chi connectivity index (χ1n) is 10.8. The van der Waals surface area contributed by atoms with Gasteiger partial charge in [0.1, 0.15) is 17.9 Å². The van der Waals surface area contributed by atoms with Gasteiger partial charge in [0.15, 0.2) is 0 Å². The maximum atomic E-state index is 12.9. The number of nitrogens with one attached hydrogen (secondary N) is 2. The Bertz CT molecular complexity index is 820. The van der Waals surface area contributed by atoms with Crippen LogP contribution in [-0.4, -0.2) is 40.9 Å². The van der Waals surface area contributed by atoms with Gasteiger partial charge in [-0.25, -0.2) is 0 Å². The summed E-state index contributed by atoms with van der Waals surface area (Å²) in [5.41, 5.74) is 2.34. The van der Waals surface area contributed by atoms with Crippen LogP contribution in [0.1, 0.15) is 68.3 Å². The number of fused-ring (bicyclic) bond motifs is 1. The summed E-state index contributed by atoms with van der Waals surface area (Å²) in [5, 5.41) is 6.41. The highest BCUT2D eigenvalue weighted by molar-refractivity contribution is 6.01. The van der Waals surface area contributed by atoms with Crippen molar-refractivity contribution in [2.75, 3.05) is 0 Å². The third-order valence-corrected chi connectivity index (χ3v) is 6.14. The van der Waals surface area contributed by atoms with Crippen molar-refractivity contribution in [2.24, 2.45) is 0 Å². The molecule has 1 aromatic rings. The van der Waals surface area contributed by atoms with E-state index in [1.807, 2.05) is 18.2 Å². The van der Waals surface area contributed by atoms with Gasteiger partial charge in [0.2, 0.25) is 5.91 Å². The normalized spacial score (nSPS) is 27.2. The molecule has 3 aliphatic rings. The lowest BCUT2D eigenvalue weighted by atomic mass is 9.92. The molecule has 0 aromatic heterocycles. The lowest BCUT2D eigenvalue weighted by Crippen LogP contribution is -2.49. The summed E-state index contributed by atoms with van der Waals surface area (Å²) in [6.07, 6.45) is 6.05. The number of hydrogen-bond acceptors (Lipinski definition) is 4. The van der Waals surface area contributed by atoms with Gasteiger partial charge in [-0.3, -0.25) is 9.59 Å². The average Bonchev–Trinajstić information content (AvgIpc) is 2.99. The Balaban J connectivity index is 1.47. The number of hydrogen-bond donors (Lipinski definition) is 2. The maximum absolute atomic E-state index is 12.9. The first-order valence-corrected chi connectivity index (χ1v) is 10.8. The van der Waals surface area contributed by atoms with Gasteiger partial charge in [-0.1, -0.05) is 26.8 Å². The number of piperidine rings is 1. The topological polar surface area (TPSA) is 70.7 Å². The van der Waals surface area contributed by atoms with E-state index >= 15 is 0 Å². The molecule has 0 radical (unpaired) electrons. The fourth-order valence-corrected chi connectivity index (χ4v) is 4.74. The quantitative estimate of drug-likeness (QED) is 0.801. The number of benzene rings is 1. The van der Waals surface area contributed by atoms with Crippen molar-refractivity contribution in [3.8, 4) is 5.75 Å². The minimum atomic E-state index is -0.428. The van der Waals surface area contributed by atoms with Crippen LogP contribution in [0.4, 0.5) is 0 Å². The second-order valence-electron chi connectivity index (χ2n) is 8.77. The van der Waals surface area contributed by atoms with Gasteiger partial charge < -0.3 is 20.3 Å². The summed E-state index contributed by atoms with van der Waals surface area (Å²) in [5.74, 6) is 0.599. The number of rotatable bonds is 5. The first-order chi connectivity index (χ1) is 13.9. The van der Waals surface area contributed by atoms with Gasteiger partial charge in [-0.2, -0.15) is 0 Å². The molecule has 2 N–H and O–H groups in total. The molecule has 4 rings (SSSR count). The fourth-order valence-electron chi connectivity index (χ4n) is 4.74. The van der Waals surface area contributed by atoms with Crippen molar-refractivity contribution in [3.05, 3.63) is 41.6 Å². The Hall–Kier alpha value is -2.34. The zero-order chi connectivity index (χ0) is 20.5. The highest BCUT2D eigenvalue weighted by Crippen LogP contribution is 2.32. The third-order valence-electron chi connectivity index (χ3n) is 6.14. The molecule has 156 valence electrons. The summed E-state index contributed by atoms with van der Waals surface area (Å²) < 4.78 is 6.36. The molecular weight excluding hydrogens is 366 g/mol. The SMILES string of the molecule is C=C1CCC(N2Cc3cc(OC4CCCCC4NC(C)C)ccc3C2=O)C(=O)N1. The van der Waals surface area contributed by atoms with E-state index in [0.29, 0.717) is 37.0 Å². The molecule has 3 unspecified atom stereocenters. The van der Waals surface area contributed by atoms with Gasteiger partial charge in [-0.15, -0.1) is 0 Å². The van der Waals surface area contributed by atoms with Crippen molar-refractivity contribution in [1.82, 2.24) is 15.5 Å². The van der Waals surface area contributed by atoms with Crippen LogP contribution >= 0.6 is 0 Å². The van der Waals surface area contributed by atoms with E-state index in [9.17, 15) is 9.59 Å². The number of amides is 2. The van der Waals surface area contributed by atoms with E-state index < -0.39 is 6.04 Å². The van der Waals surface area contributed by atoms with Gasteiger partial charge in [-0.05, 0) is 55.9 Å². The molecule has 2 fully saturated rings. The van der Waals surface area contributed by atoms with E-state index in [-0.39, 0.29) is 17.9 Å². The van der Waals surface area contributed by atoms with Crippen LogP contribution in [0.5, 0.6) is 5.75 Å². The fraction of sp³-hybridized carbons (Fsp3) is 0.565. The molecule has 6 heteroatoms. The number of carbonyl (C=O) groups excluding carboxylic acids is 2. The van der Waals surface area contributed by atoms with Crippen LogP contribution in [0.2, 0.25) is 0 Å². The molecule has 3 atom stereocenters. The van der Waals surface area contributed by atoms with Crippen LogP contribution in [0, 0.1) is 0 Å². The largest absolute Gasteiger partial charge is 0.489 e. The van der Waals surface area contributed by atoms with Crippen molar-refractivity contribution in [3.63, 3.8) is 0 Å². The predicted molar refractivity (Wildman–Crippen MR) is 112 cm³/mol. The molecule has 0 bridgehead atoms. The zero-order valence-electron chi connectivity index (χ0n) is 17.4. The van der Waals surface area contributed by atoms with Crippen LogP contribution in [-0.2, 0) is 11.3 Å². The molecular formula is C23H31N3O3. The summed E-state index contributed by atoms with van der Waals surface area (Å²) in [4.78, 5) is 26.9. The lowest BCUT2D eigenvalue weighted by molar-refractivity contribution is -0.126. The molecule has 1 aliphatic carbocycles. The molecule has 6 nitrogen and oxygen atoms in total. The maximum Gasteiger partial charge on any atom is 0.255 e. The number of ether oxygens (including phenoxy) is 1. The van der Waals surface area contributed by atoms with Gasteiger partial charge >= 0.3 is 0 Å². The molecule has 2 heterocycles. The predicted octanol–water partition coefficient (Wildman–Crippen LogP) is 3.12. The first kappa shape index (κ1) is 20.0. The molecule has 1 aromatic carbocycles. The minimum absolute atomic E-state index is 0.0729. The van der Waals surface area contributed by atoms with Crippen LogP contribution in [0.15, 0.2) is 30.5 Å². The van der Waals surface area contributed by atoms with E-state index in [1.165, 1.54) is 12.8 Å². The monoisotopic (exact) mass is 397 g/mol. The van der Waals surface area contributed by atoms with Crippen molar-refractivity contribution in [1.29, 1.82) is 0 Å².